The molecule has 0 aliphatic rings. The molecular formula is C25H29NO5. The summed E-state index contributed by atoms with van der Waals surface area (Å²) in [4.78, 5) is 15.6. The number of nitrogens with zero attached hydrogens (tertiary/aromatic N) is 1. The van der Waals surface area contributed by atoms with Crippen LogP contribution in [0.5, 0.6) is 17.2 Å². The number of carbonyl (C=O) groups is 1. The standard InChI is InChI=1S/C25H29NO5/c1-5-26(6-2)15-17-31-24-21(20(27)13-12-18-10-8-7-9-11-18)22(28-3)19-14-16-30-23(19)25(24)29-4/h7-14,16H,5-6,15,17H2,1-4H3/b13-12+. The van der Waals surface area contributed by atoms with E-state index in [0.29, 0.717) is 40.4 Å². The number of hydrogen-bond donors (Lipinski definition) is 0. The minimum absolute atomic E-state index is 0.236. The lowest BCUT2D eigenvalue weighted by molar-refractivity contribution is 0.103. The lowest BCUT2D eigenvalue weighted by Crippen LogP contribution is -2.28. The molecule has 1 aromatic heterocycles. The fourth-order valence-electron chi connectivity index (χ4n) is 3.51. The molecule has 0 aliphatic carbocycles. The Morgan fingerprint density at radius 1 is 1.00 bits per heavy atom. The number of ether oxygens (including phenoxy) is 3. The van der Waals surface area contributed by atoms with Crippen molar-refractivity contribution in [3.63, 3.8) is 0 Å². The first-order valence-corrected chi connectivity index (χ1v) is 10.4. The highest BCUT2D eigenvalue weighted by molar-refractivity contribution is 6.15. The van der Waals surface area contributed by atoms with E-state index < -0.39 is 0 Å². The molecule has 31 heavy (non-hydrogen) atoms. The van der Waals surface area contributed by atoms with Gasteiger partial charge >= 0.3 is 0 Å². The van der Waals surface area contributed by atoms with Crippen LogP contribution in [0.25, 0.3) is 17.0 Å². The fraction of sp³-hybridized carbons (Fsp3) is 0.320. The van der Waals surface area contributed by atoms with Gasteiger partial charge in [0.05, 0.1) is 25.9 Å². The smallest absolute Gasteiger partial charge is 0.205 e. The van der Waals surface area contributed by atoms with Crippen LogP contribution in [0.4, 0.5) is 0 Å². The molecule has 0 amide bonds. The second kappa shape index (κ2) is 10.7. The van der Waals surface area contributed by atoms with Crippen molar-refractivity contribution < 1.29 is 23.4 Å². The van der Waals surface area contributed by atoms with Gasteiger partial charge in [-0.05, 0) is 30.8 Å². The molecule has 0 saturated carbocycles. The maximum atomic E-state index is 13.3. The molecule has 3 aromatic rings. The summed E-state index contributed by atoms with van der Waals surface area (Å²) < 4.78 is 23.0. The van der Waals surface area contributed by atoms with Crippen LogP contribution in [-0.2, 0) is 0 Å². The predicted molar refractivity (Wildman–Crippen MR) is 122 cm³/mol. The van der Waals surface area contributed by atoms with Gasteiger partial charge in [0.25, 0.3) is 0 Å². The van der Waals surface area contributed by atoms with Gasteiger partial charge < -0.3 is 23.5 Å². The zero-order valence-electron chi connectivity index (χ0n) is 18.5. The number of ketones is 1. The van der Waals surface area contributed by atoms with Crippen molar-refractivity contribution in [1.82, 2.24) is 4.90 Å². The largest absolute Gasteiger partial charge is 0.495 e. The van der Waals surface area contributed by atoms with Crippen LogP contribution in [0.15, 0.2) is 53.2 Å². The van der Waals surface area contributed by atoms with Crippen LogP contribution in [0, 0.1) is 0 Å². The minimum Gasteiger partial charge on any atom is -0.495 e. The van der Waals surface area contributed by atoms with Gasteiger partial charge in [-0.2, -0.15) is 0 Å². The molecule has 6 heteroatoms. The average Bonchev–Trinajstić information content (AvgIpc) is 3.29. The molecule has 0 N–H and O–H groups in total. The number of methoxy groups -OCH3 is 2. The number of allylic oxidation sites excluding steroid dienone is 1. The van der Waals surface area contributed by atoms with Crippen LogP contribution in [0.2, 0.25) is 0 Å². The van der Waals surface area contributed by atoms with E-state index in [1.54, 1.807) is 18.4 Å². The fourth-order valence-corrected chi connectivity index (χ4v) is 3.51. The van der Waals surface area contributed by atoms with Crippen molar-refractivity contribution in [3.8, 4) is 17.2 Å². The number of fused-ring (bicyclic) bond motifs is 1. The molecule has 2 aromatic carbocycles. The first kappa shape index (κ1) is 22.4. The predicted octanol–water partition coefficient (Wildman–Crippen LogP) is 5.07. The van der Waals surface area contributed by atoms with Gasteiger partial charge in [0.1, 0.15) is 17.9 Å². The Kier molecular flexibility index (Phi) is 7.73. The van der Waals surface area contributed by atoms with E-state index in [2.05, 4.69) is 18.7 Å². The number of likely N-dealkylation sites (N-methyl/N-ethyl adjacent to an activating group) is 1. The van der Waals surface area contributed by atoms with E-state index in [1.165, 1.54) is 20.3 Å². The highest BCUT2D eigenvalue weighted by Gasteiger charge is 2.28. The van der Waals surface area contributed by atoms with E-state index in [1.807, 2.05) is 30.3 Å². The van der Waals surface area contributed by atoms with Gasteiger partial charge in [-0.1, -0.05) is 50.3 Å². The van der Waals surface area contributed by atoms with E-state index in [0.717, 1.165) is 25.2 Å². The Morgan fingerprint density at radius 3 is 2.35 bits per heavy atom. The average molecular weight is 424 g/mol. The zero-order chi connectivity index (χ0) is 22.2. The van der Waals surface area contributed by atoms with E-state index in [4.69, 9.17) is 18.6 Å². The quantitative estimate of drug-likeness (QED) is 0.317. The SMILES string of the molecule is CCN(CC)CCOc1c(C(=O)/C=C/c2ccccc2)c(OC)c2ccoc2c1OC. The molecule has 6 nitrogen and oxygen atoms in total. The summed E-state index contributed by atoms with van der Waals surface area (Å²) in [5, 5.41) is 0.659. The second-order valence-electron chi connectivity index (χ2n) is 6.92. The Labute approximate surface area is 183 Å². The molecule has 0 fully saturated rings. The highest BCUT2D eigenvalue weighted by Crippen LogP contribution is 2.46. The Bertz CT molecular complexity index is 1030. The molecule has 0 atom stereocenters. The summed E-state index contributed by atoms with van der Waals surface area (Å²) in [5.41, 5.74) is 1.73. The summed E-state index contributed by atoms with van der Waals surface area (Å²) in [6.45, 7) is 7.17. The van der Waals surface area contributed by atoms with Crippen LogP contribution in [-0.4, -0.2) is 51.1 Å². The summed E-state index contributed by atoms with van der Waals surface area (Å²) in [5.74, 6) is 0.888. The van der Waals surface area contributed by atoms with Crippen LogP contribution in [0.1, 0.15) is 29.8 Å². The Morgan fingerprint density at radius 2 is 1.71 bits per heavy atom. The molecule has 0 radical (unpaired) electrons. The van der Waals surface area contributed by atoms with Crippen molar-refractivity contribution in [1.29, 1.82) is 0 Å². The topological polar surface area (TPSA) is 61.1 Å². The lowest BCUT2D eigenvalue weighted by Gasteiger charge is -2.21. The molecule has 0 aliphatic heterocycles. The molecule has 0 unspecified atom stereocenters. The van der Waals surface area contributed by atoms with Crippen molar-refractivity contribution in [2.45, 2.75) is 13.8 Å². The molecule has 0 spiro atoms. The number of benzene rings is 2. The lowest BCUT2D eigenvalue weighted by atomic mass is 10.0. The van der Waals surface area contributed by atoms with E-state index in [9.17, 15) is 4.79 Å². The van der Waals surface area contributed by atoms with Crippen molar-refractivity contribution in [3.05, 3.63) is 59.9 Å². The van der Waals surface area contributed by atoms with Crippen molar-refractivity contribution >= 4 is 22.8 Å². The monoisotopic (exact) mass is 423 g/mol. The molecule has 1 heterocycles. The summed E-state index contributed by atoms with van der Waals surface area (Å²) in [6.07, 6.45) is 4.84. The molecule has 3 rings (SSSR count). The Balaban J connectivity index is 2.05. The van der Waals surface area contributed by atoms with Gasteiger partial charge in [-0.15, -0.1) is 0 Å². The van der Waals surface area contributed by atoms with Crippen molar-refractivity contribution in [2.24, 2.45) is 0 Å². The molecule has 164 valence electrons. The van der Waals surface area contributed by atoms with Gasteiger partial charge in [-0.3, -0.25) is 4.79 Å². The second-order valence-corrected chi connectivity index (χ2v) is 6.92. The third-order valence-corrected chi connectivity index (χ3v) is 5.21. The summed E-state index contributed by atoms with van der Waals surface area (Å²) in [7, 11) is 3.07. The number of furan rings is 1. The third-order valence-electron chi connectivity index (χ3n) is 5.21. The third kappa shape index (κ3) is 4.91. The Hall–Kier alpha value is -3.25. The normalized spacial score (nSPS) is 11.4. The summed E-state index contributed by atoms with van der Waals surface area (Å²) >= 11 is 0. The van der Waals surface area contributed by atoms with Gasteiger partial charge in [0.15, 0.2) is 17.1 Å². The zero-order valence-corrected chi connectivity index (χ0v) is 18.5. The maximum Gasteiger partial charge on any atom is 0.205 e. The van der Waals surface area contributed by atoms with Crippen LogP contribution in [0.3, 0.4) is 0 Å². The number of hydrogen-bond acceptors (Lipinski definition) is 6. The van der Waals surface area contributed by atoms with Gasteiger partial charge in [0, 0.05) is 6.54 Å². The first-order chi connectivity index (χ1) is 15.1. The molecule has 0 bridgehead atoms. The molecule has 0 saturated heterocycles. The maximum absolute atomic E-state index is 13.3. The molecular weight excluding hydrogens is 394 g/mol. The van der Waals surface area contributed by atoms with E-state index >= 15 is 0 Å². The van der Waals surface area contributed by atoms with Crippen LogP contribution >= 0.6 is 0 Å². The first-order valence-electron chi connectivity index (χ1n) is 10.4. The van der Waals surface area contributed by atoms with Crippen molar-refractivity contribution in [2.75, 3.05) is 40.5 Å². The minimum atomic E-state index is -0.236. The van der Waals surface area contributed by atoms with Crippen LogP contribution < -0.4 is 14.2 Å². The summed E-state index contributed by atoms with van der Waals surface area (Å²) in [6, 6.07) is 11.4. The highest BCUT2D eigenvalue weighted by atomic mass is 16.5. The van der Waals surface area contributed by atoms with Gasteiger partial charge in [-0.25, -0.2) is 0 Å². The number of rotatable bonds is 11. The van der Waals surface area contributed by atoms with Gasteiger partial charge in [0.2, 0.25) is 5.75 Å². The number of carbonyl (C=O) groups excluding carboxylic acids is 1. The van der Waals surface area contributed by atoms with E-state index in [-0.39, 0.29) is 5.78 Å².